The zero-order valence-corrected chi connectivity index (χ0v) is 16.8. The summed E-state index contributed by atoms with van der Waals surface area (Å²) in [5.41, 5.74) is -0.0519. The van der Waals surface area contributed by atoms with Gasteiger partial charge in [-0.1, -0.05) is 24.3 Å². The fourth-order valence-electron chi connectivity index (χ4n) is 3.08. The second-order valence-corrected chi connectivity index (χ2v) is 7.65. The molecule has 9 heteroatoms. The molecule has 1 atom stereocenters. The molecule has 4 amide bonds. The van der Waals surface area contributed by atoms with Crippen molar-refractivity contribution in [2.24, 2.45) is 0 Å². The van der Waals surface area contributed by atoms with Crippen molar-refractivity contribution in [3.8, 4) is 12.1 Å². The fraction of sp³-hybridized carbons (Fsp3) is 0.190. The zero-order chi connectivity index (χ0) is 21.7. The summed E-state index contributed by atoms with van der Waals surface area (Å²) in [5.74, 6) is -0.900. The van der Waals surface area contributed by atoms with Gasteiger partial charge in [0.2, 0.25) is 5.91 Å². The van der Waals surface area contributed by atoms with Crippen LogP contribution in [0.5, 0.6) is 0 Å². The van der Waals surface area contributed by atoms with Crippen molar-refractivity contribution < 1.29 is 14.4 Å². The normalized spacial score (nSPS) is 17.8. The van der Waals surface area contributed by atoms with Gasteiger partial charge in [0.25, 0.3) is 5.91 Å². The first kappa shape index (κ1) is 20.9. The summed E-state index contributed by atoms with van der Waals surface area (Å²) in [5, 5.41) is 23.1. The maximum atomic E-state index is 13.0. The SMILES string of the molecule is CC1(c2cccc(C#N)c2)NC(=O)N(CC(=O)Nc2ccccc2SCC#N)C1=O. The lowest BCUT2D eigenvalue weighted by molar-refractivity contribution is -0.133. The van der Waals surface area contributed by atoms with E-state index in [0.717, 1.165) is 4.90 Å². The van der Waals surface area contributed by atoms with Gasteiger partial charge in [0.1, 0.15) is 12.1 Å². The Hall–Kier alpha value is -3.82. The number of nitrogens with one attached hydrogen (secondary N) is 2. The topological polar surface area (TPSA) is 126 Å². The Balaban J connectivity index is 1.75. The third-order valence-corrected chi connectivity index (χ3v) is 5.54. The minimum atomic E-state index is -1.37. The van der Waals surface area contributed by atoms with Gasteiger partial charge >= 0.3 is 6.03 Å². The van der Waals surface area contributed by atoms with Gasteiger partial charge < -0.3 is 10.6 Å². The van der Waals surface area contributed by atoms with E-state index in [1.165, 1.54) is 24.8 Å². The molecule has 3 rings (SSSR count). The number of benzene rings is 2. The largest absolute Gasteiger partial charge is 0.325 e. The minimum Gasteiger partial charge on any atom is -0.324 e. The molecule has 2 aromatic carbocycles. The number of nitriles is 2. The van der Waals surface area contributed by atoms with Gasteiger partial charge in [-0.3, -0.25) is 14.5 Å². The zero-order valence-electron chi connectivity index (χ0n) is 16.0. The standard InChI is InChI=1S/C21H17N5O3S/c1-21(15-6-4-5-14(11-15)12-23)19(28)26(20(29)25-21)13-18(27)24-16-7-2-3-8-17(16)30-10-9-22/h2-8,11H,10,13H2,1H3,(H,24,27)(H,25,29). The molecule has 0 bridgehead atoms. The number of rotatable bonds is 6. The number of carbonyl (C=O) groups excluding carboxylic acids is 3. The number of nitrogens with zero attached hydrogens (tertiary/aromatic N) is 3. The molecule has 1 saturated heterocycles. The number of imide groups is 1. The van der Waals surface area contributed by atoms with E-state index in [-0.39, 0.29) is 5.75 Å². The summed E-state index contributed by atoms with van der Waals surface area (Å²) in [6.07, 6.45) is 0. The van der Waals surface area contributed by atoms with E-state index in [1.807, 2.05) is 12.1 Å². The van der Waals surface area contributed by atoms with E-state index in [4.69, 9.17) is 10.5 Å². The lowest BCUT2D eigenvalue weighted by Gasteiger charge is -2.22. The molecule has 30 heavy (non-hydrogen) atoms. The Morgan fingerprint density at radius 3 is 2.70 bits per heavy atom. The molecule has 8 nitrogen and oxygen atoms in total. The smallest absolute Gasteiger partial charge is 0.324 e. The molecule has 150 valence electrons. The van der Waals surface area contributed by atoms with Crippen LogP contribution in [0.25, 0.3) is 0 Å². The van der Waals surface area contributed by atoms with Gasteiger partial charge in [0.15, 0.2) is 0 Å². The molecule has 0 aromatic heterocycles. The number of urea groups is 1. The van der Waals surface area contributed by atoms with Crippen LogP contribution in [0.3, 0.4) is 0 Å². The average molecular weight is 419 g/mol. The van der Waals surface area contributed by atoms with Crippen LogP contribution in [-0.4, -0.2) is 35.0 Å². The Labute approximate surface area is 177 Å². The molecular weight excluding hydrogens is 402 g/mol. The molecule has 1 aliphatic heterocycles. The first-order chi connectivity index (χ1) is 14.4. The van der Waals surface area contributed by atoms with Crippen molar-refractivity contribution in [2.45, 2.75) is 17.4 Å². The number of para-hydroxylation sites is 1. The highest BCUT2D eigenvalue weighted by molar-refractivity contribution is 7.99. The summed E-state index contributed by atoms with van der Waals surface area (Å²) in [6.45, 7) is 1.07. The molecule has 1 fully saturated rings. The Morgan fingerprint density at radius 1 is 1.20 bits per heavy atom. The Kier molecular flexibility index (Phi) is 6.05. The molecule has 1 aliphatic rings. The second kappa shape index (κ2) is 8.68. The van der Waals surface area contributed by atoms with Crippen LogP contribution in [0.15, 0.2) is 53.4 Å². The molecule has 1 heterocycles. The van der Waals surface area contributed by atoms with E-state index in [2.05, 4.69) is 10.6 Å². The van der Waals surface area contributed by atoms with Gasteiger partial charge in [0, 0.05) is 4.90 Å². The maximum Gasteiger partial charge on any atom is 0.325 e. The van der Waals surface area contributed by atoms with Crippen LogP contribution < -0.4 is 10.6 Å². The number of carbonyl (C=O) groups is 3. The third kappa shape index (κ3) is 4.12. The summed E-state index contributed by atoms with van der Waals surface area (Å²) in [7, 11) is 0. The van der Waals surface area contributed by atoms with Crippen molar-refractivity contribution >= 4 is 35.3 Å². The first-order valence-electron chi connectivity index (χ1n) is 8.92. The number of amides is 4. The van der Waals surface area contributed by atoms with Gasteiger partial charge in [-0.25, -0.2) is 4.79 Å². The summed E-state index contributed by atoms with van der Waals surface area (Å²) in [4.78, 5) is 39.5. The highest BCUT2D eigenvalue weighted by Gasteiger charge is 2.49. The molecule has 0 aliphatic carbocycles. The third-order valence-electron chi connectivity index (χ3n) is 4.60. The summed E-state index contributed by atoms with van der Waals surface area (Å²) < 4.78 is 0. The van der Waals surface area contributed by atoms with E-state index in [1.54, 1.807) is 42.5 Å². The molecular formula is C21H17N5O3S. The van der Waals surface area contributed by atoms with Crippen molar-refractivity contribution in [2.75, 3.05) is 17.6 Å². The van der Waals surface area contributed by atoms with Crippen LogP contribution in [0.1, 0.15) is 18.1 Å². The van der Waals surface area contributed by atoms with Gasteiger partial charge in [-0.2, -0.15) is 10.5 Å². The highest BCUT2D eigenvalue weighted by atomic mass is 32.2. The van der Waals surface area contributed by atoms with Gasteiger partial charge in [-0.05, 0) is 36.8 Å². The van der Waals surface area contributed by atoms with Crippen LogP contribution in [0.2, 0.25) is 0 Å². The van der Waals surface area contributed by atoms with Crippen LogP contribution in [0, 0.1) is 22.7 Å². The minimum absolute atomic E-state index is 0.222. The predicted octanol–water partition coefficient (Wildman–Crippen LogP) is 2.58. The molecule has 2 aromatic rings. The quantitative estimate of drug-likeness (QED) is 0.547. The van der Waals surface area contributed by atoms with E-state index in [0.29, 0.717) is 21.7 Å². The van der Waals surface area contributed by atoms with Crippen molar-refractivity contribution in [1.29, 1.82) is 10.5 Å². The van der Waals surface area contributed by atoms with Crippen LogP contribution in [-0.2, 0) is 15.1 Å². The van der Waals surface area contributed by atoms with E-state index < -0.39 is 29.9 Å². The Bertz CT molecular complexity index is 1100. The van der Waals surface area contributed by atoms with E-state index >= 15 is 0 Å². The van der Waals surface area contributed by atoms with E-state index in [9.17, 15) is 14.4 Å². The number of thioether (sulfide) groups is 1. The Morgan fingerprint density at radius 2 is 1.97 bits per heavy atom. The van der Waals surface area contributed by atoms with Crippen LogP contribution >= 0.6 is 11.8 Å². The monoisotopic (exact) mass is 419 g/mol. The van der Waals surface area contributed by atoms with Crippen molar-refractivity contribution in [3.05, 3.63) is 59.7 Å². The molecule has 1 unspecified atom stereocenters. The molecule has 2 N–H and O–H groups in total. The van der Waals surface area contributed by atoms with Gasteiger partial charge in [0.05, 0.1) is 29.1 Å². The number of anilines is 1. The first-order valence-corrected chi connectivity index (χ1v) is 9.91. The summed E-state index contributed by atoms with van der Waals surface area (Å²) in [6, 6.07) is 16.7. The second-order valence-electron chi connectivity index (χ2n) is 6.63. The fourth-order valence-corrected chi connectivity index (χ4v) is 3.74. The van der Waals surface area contributed by atoms with Crippen molar-refractivity contribution in [1.82, 2.24) is 10.2 Å². The van der Waals surface area contributed by atoms with Gasteiger partial charge in [-0.15, -0.1) is 11.8 Å². The highest BCUT2D eigenvalue weighted by Crippen LogP contribution is 2.30. The maximum absolute atomic E-state index is 13.0. The van der Waals surface area contributed by atoms with Crippen LogP contribution in [0.4, 0.5) is 10.5 Å². The van der Waals surface area contributed by atoms with Crippen molar-refractivity contribution in [3.63, 3.8) is 0 Å². The molecule has 0 radical (unpaired) electrons. The number of hydrogen-bond donors (Lipinski definition) is 2. The number of hydrogen-bond acceptors (Lipinski definition) is 6. The lowest BCUT2D eigenvalue weighted by atomic mass is 9.91. The molecule has 0 spiro atoms. The average Bonchev–Trinajstić information content (AvgIpc) is 2.97. The summed E-state index contributed by atoms with van der Waals surface area (Å²) >= 11 is 1.27. The predicted molar refractivity (Wildman–Crippen MR) is 110 cm³/mol. The molecule has 0 saturated carbocycles. The lowest BCUT2D eigenvalue weighted by Crippen LogP contribution is -2.42.